The Hall–Kier alpha value is -0.870. The molecule has 0 aliphatic rings. The van der Waals surface area contributed by atoms with Gasteiger partial charge in [-0.25, -0.2) is 0 Å². The molecular formula is C11H17NO2S. The summed E-state index contributed by atoms with van der Waals surface area (Å²) < 4.78 is 5.17. The summed E-state index contributed by atoms with van der Waals surface area (Å²) in [6.45, 7) is 4.12. The van der Waals surface area contributed by atoms with Gasteiger partial charge in [-0.3, -0.25) is 4.79 Å². The molecule has 3 nitrogen and oxygen atoms in total. The maximum absolute atomic E-state index is 11.4. The lowest BCUT2D eigenvalue weighted by molar-refractivity contribution is -0.120. The standard InChI is InChI=1S/C11H17NO2S/c1-2-14-7-4-6-12-11(13)9-10-5-3-8-15-10/h3,5,8H,2,4,6-7,9H2,1H3,(H,12,13). The number of carbonyl (C=O) groups excluding carboxylic acids is 1. The Morgan fingerprint density at radius 2 is 2.47 bits per heavy atom. The van der Waals surface area contributed by atoms with Crippen LogP contribution in [0, 0.1) is 0 Å². The van der Waals surface area contributed by atoms with E-state index < -0.39 is 0 Å². The van der Waals surface area contributed by atoms with Gasteiger partial charge < -0.3 is 10.1 Å². The molecule has 0 aliphatic carbocycles. The van der Waals surface area contributed by atoms with Crippen molar-refractivity contribution in [1.82, 2.24) is 5.32 Å². The number of amides is 1. The van der Waals surface area contributed by atoms with Gasteiger partial charge in [0.2, 0.25) is 5.91 Å². The Labute approximate surface area is 94.5 Å². The summed E-state index contributed by atoms with van der Waals surface area (Å²) in [5.74, 6) is 0.0916. The first-order chi connectivity index (χ1) is 7.33. The molecule has 0 unspecified atom stereocenters. The van der Waals surface area contributed by atoms with Crippen LogP contribution >= 0.6 is 11.3 Å². The minimum atomic E-state index is 0.0916. The van der Waals surface area contributed by atoms with Gasteiger partial charge in [-0.2, -0.15) is 0 Å². The highest BCUT2D eigenvalue weighted by atomic mass is 32.1. The van der Waals surface area contributed by atoms with E-state index in [1.807, 2.05) is 24.4 Å². The van der Waals surface area contributed by atoms with Gasteiger partial charge in [-0.1, -0.05) is 6.07 Å². The normalized spacial score (nSPS) is 10.2. The zero-order valence-corrected chi connectivity index (χ0v) is 9.81. The van der Waals surface area contributed by atoms with Crippen molar-refractivity contribution < 1.29 is 9.53 Å². The first-order valence-corrected chi connectivity index (χ1v) is 6.07. The Balaban J connectivity index is 2.04. The number of hydrogen-bond donors (Lipinski definition) is 1. The molecule has 15 heavy (non-hydrogen) atoms. The fourth-order valence-corrected chi connectivity index (χ4v) is 1.88. The predicted molar refractivity (Wildman–Crippen MR) is 62.1 cm³/mol. The highest BCUT2D eigenvalue weighted by Crippen LogP contribution is 2.08. The molecular weight excluding hydrogens is 210 g/mol. The van der Waals surface area contributed by atoms with Crippen LogP contribution in [0.3, 0.4) is 0 Å². The van der Waals surface area contributed by atoms with Crippen molar-refractivity contribution in [2.45, 2.75) is 19.8 Å². The van der Waals surface area contributed by atoms with Crippen molar-refractivity contribution in [2.75, 3.05) is 19.8 Å². The monoisotopic (exact) mass is 227 g/mol. The minimum Gasteiger partial charge on any atom is -0.382 e. The van der Waals surface area contributed by atoms with Crippen LogP contribution in [0.5, 0.6) is 0 Å². The number of carbonyl (C=O) groups is 1. The minimum absolute atomic E-state index is 0.0916. The van der Waals surface area contributed by atoms with Gasteiger partial charge in [0, 0.05) is 24.6 Å². The van der Waals surface area contributed by atoms with Crippen LogP contribution in [-0.2, 0) is 16.0 Å². The fraction of sp³-hybridized carbons (Fsp3) is 0.545. The Morgan fingerprint density at radius 1 is 1.60 bits per heavy atom. The van der Waals surface area contributed by atoms with E-state index in [4.69, 9.17) is 4.74 Å². The Morgan fingerprint density at radius 3 is 3.13 bits per heavy atom. The van der Waals surface area contributed by atoms with Crippen LogP contribution in [0.2, 0.25) is 0 Å². The van der Waals surface area contributed by atoms with Crippen molar-refractivity contribution in [2.24, 2.45) is 0 Å². The topological polar surface area (TPSA) is 38.3 Å². The van der Waals surface area contributed by atoms with Gasteiger partial charge in [-0.05, 0) is 24.8 Å². The number of hydrogen-bond acceptors (Lipinski definition) is 3. The second kappa shape index (κ2) is 7.43. The molecule has 84 valence electrons. The fourth-order valence-electron chi connectivity index (χ4n) is 1.18. The molecule has 1 aromatic rings. The van der Waals surface area contributed by atoms with Gasteiger partial charge in [-0.15, -0.1) is 11.3 Å². The van der Waals surface area contributed by atoms with Crippen LogP contribution in [0.4, 0.5) is 0 Å². The van der Waals surface area contributed by atoms with E-state index in [9.17, 15) is 4.79 Å². The molecule has 1 rings (SSSR count). The lowest BCUT2D eigenvalue weighted by atomic mass is 10.3. The van der Waals surface area contributed by atoms with Gasteiger partial charge in [0.1, 0.15) is 0 Å². The van der Waals surface area contributed by atoms with E-state index in [1.165, 1.54) is 0 Å². The molecule has 1 N–H and O–H groups in total. The molecule has 0 aliphatic heterocycles. The van der Waals surface area contributed by atoms with E-state index in [2.05, 4.69) is 5.32 Å². The van der Waals surface area contributed by atoms with Crippen molar-refractivity contribution >= 4 is 17.2 Å². The van der Waals surface area contributed by atoms with Crippen LogP contribution in [0.1, 0.15) is 18.2 Å². The molecule has 0 spiro atoms. The second-order valence-electron chi connectivity index (χ2n) is 3.16. The van der Waals surface area contributed by atoms with Gasteiger partial charge >= 0.3 is 0 Å². The smallest absolute Gasteiger partial charge is 0.225 e. The maximum atomic E-state index is 11.4. The van der Waals surface area contributed by atoms with Crippen molar-refractivity contribution in [1.29, 1.82) is 0 Å². The number of rotatable bonds is 7. The third-order valence-corrected chi connectivity index (χ3v) is 2.78. The molecule has 1 amide bonds. The molecule has 0 atom stereocenters. The molecule has 0 fully saturated rings. The Bertz CT molecular complexity index is 272. The quantitative estimate of drug-likeness (QED) is 0.722. The molecule has 0 radical (unpaired) electrons. The third kappa shape index (κ3) is 5.54. The van der Waals surface area contributed by atoms with Crippen LogP contribution in [-0.4, -0.2) is 25.7 Å². The molecule has 0 saturated heterocycles. The van der Waals surface area contributed by atoms with Gasteiger partial charge in [0.15, 0.2) is 0 Å². The summed E-state index contributed by atoms with van der Waals surface area (Å²) in [6.07, 6.45) is 1.37. The zero-order chi connectivity index (χ0) is 10.9. The zero-order valence-electron chi connectivity index (χ0n) is 8.99. The first kappa shape index (κ1) is 12.2. The third-order valence-electron chi connectivity index (χ3n) is 1.91. The molecule has 1 aromatic heterocycles. The van der Waals surface area contributed by atoms with E-state index >= 15 is 0 Å². The van der Waals surface area contributed by atoms with Crippen LogP contribution in [0.15, 0.2) is 17.5 Å². The van der Waals surface area contributed by atoms with E-state index in [-0.39, 0.29) is 5.91 Å². The SMILES string of the molecule is CCOCCCNC(=O)Cc1cccs1. The predicted octanol–water partition coefficient (Wildman–Crippen LogP) is 1.83. The summed E-state index contributed by atoms with van der Waals surface area (Å²) in [5, 5.41) is 4.85. The highest BCUT2D eigenvalue weighted by molar-refractivity contribution is 7.10. The summed E-state index contributed by atoms with van der Waals surface area (Å²) in [4.78, 5) is 12.5. The molecule has 1 heterocycles. The summed E-state index contributed by atoms with van der Waals surface area (Å²) in [6, 6.07) is 3.94. The number of nitrogens with one attached hydrogen (secondary N) is 1. The summed E-state index contributed by atoms with van der Waals surface area (Å²) >= 11 is 1.61. The van der Waals surface area contributed by atoms with Crippen molar-refractivity contribution in [3.05, 3.63) is 22.4 Å². The number of thiophene rings is 1. The van der Waals surface area contributed by atoms with Crippen molar-refractivity contribution in [3.63, 3.8) is 0 Å². The van der Waals surface area contributed by atoms with Gasteiger partial charge in [0.05, 0.1) is 6.42 Å². The Kier molecular flexibility index (Phi) is 6.04. The molecule has 0 saturated carbocycles. The molecule has 0 bridgehead atoms. The van der Waals surface area contributed by atoms with Crippen molar-refractivity contribution in [3.8, 4) is 0 Å². The lowest BCUT2D eigenvalue weighted by Crippen LogP contribution is -2.26. The highest BCUT2D eigenvalue weighted by Gasteiger charge is 2.02. The van der Waals surface area contributed by atoms with E-state index in [0.29, 0.717) is 13.0 Å². The first-order valence-electron chi connectivity index (χ1n) is 5.19. The maximum Gasteiger partial charge on any atom is 0.225 e. The van der Waals surface area contributed by atoms with Crippen LogP contribution < -0.4 is 5.32 Å². The summed E-state index contributed by atoms with van der Waals surface area (Å²) in [5.41, 5.74) is 0. The molecule has 4 heteroatoms. The van der Waals surface area contributed by atoms with E-state index in [0.717, 1.165) is 24.5 Å². The molecule has 0 aromatic carbocycles. The largest absolute Gasteiger partial charge is 0.382 e. The number of ether oxygens (including phenoxy) is 1. The average Bonchev–Trinajstić information content (AvgIpc) is 2.70. The van der Waals surface area contributed by atoms with Crippen LogP contribution in [0.25, 0.3) is 0 Å². The van der Waals surface area contributed by atoms with E-state index in [1.54, 1.807) is 11.3 Å². The second-order valence-corrected chi connectivity index (χ2v) is 4.19. The average molecular weight is 227 g/mol. The van der Waals surface area contributed by atoms with Gasteiger partial charge in [0.25, 0.3) is 0 Å². The summed E-state index contributed by atoms with van der Waals surface area (Å²) in [7, 11) is 0. The lowest BCUT2D eigenvalue weighted by Gasteiger charge is -2.04.